The van der Waals surface area contributed by atoms with Crippen molar-refractivity contribution in [2.45, 2.75) is 7.43 Å². The van der Waals surface area contributed by atoms with E-state index in [1.165, 1.54) is 0 Å². The van der Waals surface area contributed by atoms with Crippen LogP contribution in [0.5, 0.6) is 0 Å². The van der Waals surface area contributed by atoms with E-state index >= 15 is 0 Å². The Bertz CT molecular complexity index is 11.6. The third kappa shape index (κ3) is 33.3. The quantitative estimate of drug-likeness (QED) is 0.436. The minimum atomic E-state index is 0. The van der Waals surface area contributed by atoms with Crippen LogP contribution in [-0.4, -0.2) is 19.4 Å². The van der Waals surface area contributed by atoms with Gasteiger partial charge in [-0.15, -0.1) is 0 Å². The Morgan fingerprint density at radius 1 is 1.00 bits per heavy atom. The largest absolute Gasteiger partial charge is 0.0776 e. The molecule has 29 valence electrons. The van der Waals surface area contributed by atoms with E-state index in [0.29, 0.717) is 0 Å². The summed E-state index contributed by atoms with van der Waals surface area (Å²) >= 11 is 0. The fraction of sp³-hybridized carbons (Fsp3) is 1.00. The van der Waals surface area contributed by atoms with E-state index < -0.39 is 0 Å². The molecular weight excluding hydrogens is 159 g/mol. The fourth-order valence-electron chi connectivity index (χ4n) is 0. The Morgan fingerprint density at radius 2 is 1.00 bits per heavy atom. The smallest absolute Gasteiger partial charge is 0 e. The fourth-order valence-corrected chi connectivity index (χ4v) is 0. The van der Waals surface area contributed by atoms with Crippen molar-refractivity contribution in [1.82, 2.24) is 0 Å². The molecule has 0 aliphatic carbocycles. The second-order valence-electron chi connectivity index (χ2n) is 0. The Kier molecular flexibility index (Phi) is 1140. The molecule has 0 nitrogen and oxygen atoms in total. The molecule has 0 amide bonds. The first-order chi connectivity index (χ1) is 0. The zero-order valence-electron chi connectivity index (χ0n) is 1.84. The molecule has 0 heterocycles. The summed E-state index contributed by atoms with van der Waals surface area (Å²) in [6.07, 6.45) is 0. The first-order valence-corrected chi connectivity index (χ1v) is 0. The molecule has 0 atom stereocenters. The molecule has 5 heavy (non-hydrogen) atoms. The number of hydrogen-bond donors (Lipinski definition) is 0. The molecule has 0 aromatic rings. The van der Waals surface area contributed by atoms with Crippen LogP contribution in [0, 0.1) is 0 Å². The molecule has 4 heteroatoms. The molecule has 0 rings (SSSR count). The van der Waals surface area contributed by atoms with Gasteiger partial charge in [0.25, 0.3) is 0 Å². The molecule has 0 N–H and O–H groups in total. The zero-order chi connectivity index (χ0) is 0. The van der Waals surface area contributed by atoms with Crippen molar-refractivity contribution in [2.75, 3.05) is 0 Å². The third-order valence-electron chi connectivity index (χ3n) is 0. The summed E-state index contributed by atoms with van der Waals surface area (Å²) in [7, 11) is 0. The molecule has 0 aliphatic rings. The average molecular weight is 163 g/mol. The molecule has 0 aromatic heterocycles. The molecule has 0 unspecified atom stereocenters. The molecule has 7 radical (unpaired) electrons. The van der Waals surface area contributed by atoms with E-state index in [2.05, 4.69) is 0 Å². The molecular formula is CH4BCrFeSi. The van der Waals surface area contributed by atoms with Crippen molar-refractivity contribution in [1.29, 1.82) is 0 Å². The van der Waals surface area contributed by atoms with Gasteiger partial charge in [-0.25, -0.2) is 0 Å². The minimum Gasteiger partial charge on any atom is -0.0776 e. The van der Waals surface area contributed by atoms with Crippen LogP contribution in [0.15, 0.2) is 0 Å². The normalized spacial score (nSPS) is 0. The van der Waals surface area contributed by atoms with E-state index in [0.717, 1.165) is 0 Å². The maximum atomic E-state index is 0. The monoisotopic (exact) mass is 163 g/mol. The van der Waals surface area contributed by atoms with E-state index in [9.17, 15) is 0 Å². The van der Waals surface area contributed by atoms with Gasteiger partial charge in [0.1, 0.15) is 0 Å². The van der Waals surface area contributed by atoms with Gasteiger partial charge in [-0.1, -0.05) is 7.43 Å². The Balaban J connectivity index is 0. The van der Waals surface area contributed by atoms with Crippen LogP contribution < -0.4 is 0 Å². The molecule has 0 spiro atoms. The van der Waals surface area contributed by atoms with Crippen molar-refractivity contribution in [3.05, 3.63) is 0 Å². The zero-order valence-corrected chi connectivity index (χ0v) is 5.22. The Morgan fingerprint density at radius 3 is 1.00 bits per heavy atom. The van der Waals surface area contributed by atoms with Crippen LogP contribution >= 0.6 is 0 Å². The second kappa shape index (κ2) is 56.3. The second-order valence-corrected chi connectivity index (χ2v) is 0. The van der Waals surface area contributed by atoms with Crippen LogP contribution in [0.1, 0.15) is 7.43 Å². The van der Waals surface area contributed by atoms with Crippen LogP contribution in [0.3, 0.4) is 0 Å². The van der Waals surface area contributed by atoms with E-state index in [4.69, 9.17) is 0 Å². The SMILES string of the molecule is C.[B].[Cr].[Fe].[Si]. The van der Waals surface area contributed by atoms with Crippen LogP contribution in [0.2, 0.25) is 0 Å². The average Bonchev–Trinajstić information content (AvgIpc) is 0. The summed E-state index contributed by atoms with van der Waals surface area (Å²) in [5, 5.41) is 0. The van der Waals surface area contributed by atoms with Crippen molar-refractivity contribution in [3.63, 3.8) is 0 Å². The summed E-state index contributed by atoms with van der Waals surface area (Å²) in [5.74, 6) is 0. The van der Waals surface area contributed by atoms with Crippen LogP contribution in [0.4, 0.5) is 0 Å². The maximum Gasteiger partial charge on any atom is 0 e. The van der Waals surface area contributed by atoms with E-state index in [1.54, 1.807) is 0 Å². The van der Waals surface area contributed by atoms with Crippen LogP contribution in [-0.2, 0) is 34.4 Å². The van der Waals surface area contributed by atoms with Gasteiger partial charge >= 0.3 is 0 Å². The summed E-state index contributed by atoms with van der Waals surface area (Å²) in [6.45, 7) is 0. The van der Waals surface area contributed by atoms with Gasteiger partial charge in [-0.3, -0.25) is 0 Å². The standard InChI is InChI=1S/CH4.B.Cr.Fe.Si/h1H4;;;;. The Labute approximate surface area is 61.3 Å². The van der Waals surface area contributed by atoms with Gasteiger partial charge in [0.15, 0.2) is 0 Å². The van der Waals surface area contributed by atoms with Gasteiger partial charge < -0.3 is 0 Å². The van der Waals surface area contributed by atoms with Crippen molar-refractivity contribution in [2.24, 2.45) is 0 Å². The predicted octanol–water partition coefficient (Wildman–Crippen LogP) is -0.131. The summed E-state index contributed by atoms with van der Waals surface area (Å²) in [5.41, 5.74) is 0. The van der Waals surface area contributed by atoms with Gasteiger partial charge in [0, 0.05) is 53.8 Å². The van der Waals surface area contributed by atoms with Gasteiger partial charge in [-0.05, 0) is 0 Å². The third-order valence-corrected chi connectivity index (χ3v) is 0. The molecule has 0 aromatic carbocycles. The first-order valence-electron chi connectivity index (χ1n) is 0. The van der Waals surface area contributed by atoms with Gasteiger partial charge in [0.05, 0.1) is 0 Å². The number of hydrogen-bond acceptors (Lipinski definition) is 0. The van der Waals surface area contributed by atoms with E-state index in [1.807, 2.05) is 0 Å². The van der Waals surface area contributed by atoms with Crippen LogP contribution in [0.25, 0.3) is 0 Å². The first kappa shape index (κ1) is 101. The predicted molar refractivity (Wildman–Crippen MR) is 18.2 cm³/mol. The topological polar surface area (TPSA) is 0 Å². The van der Waals surface area contributed by atoms with E-state index in [-0.39, 0.29) is 61.2 Å². The maximum absolute atomic E-state index is 0. The molecule has 0 fully saturated rings. The summed E-state index contributed by atoms with van der Waals surface area (Å²) in [6, 6.07) is 0. The van der Waals surface area contributed by atoms with Crippen molar-refractivity contribution >= 4 is 19.4 Å². The molecule has 0 saturated heterocycles. The van der Waals surface area contributed by atoms with Crippen molar-refractivity contribution < 1.29 is 34.4 Å². The Hall–Kier alpha value is 1.33. The summed E-state index contributed by atoms with van der Waals surface area (Å²) < 4.78 is 0. The summed E-state index contributed by atoms with van der Waals surface area (Å²) in [4.78, 5) is 0. The molecule has 0 bridgehead atoms. The molecule has 0 aliphatic heterocycles. The minimum absolute atomic E-state index is 0. The van der Waals surface area contributed by atoms with Crippen molar-refractivity contribution in [3.8, 4) is 0 Å². The van der Waals surface area contributed by atoms with Gasteiger partial charge in [0.2, 0.25) is 0 Å². The van der Waals surface area contributed by atoms with Gasteiger partial charge in [-0.2, -0.15) is 0 Å². The number of rotatable bonds is 0. The molecule has 0 saturated carbocycles.